The highest BCUT2D eigenvalue weighted by atomic mass is 35.5. The van der Waals surface area contributed by atoms with Crippen molar-refractivity contribution in [2.75, 3.05) is 0 Å². The third-order valence-electron chi connectivity index (χ3n) is 3.51. The molecular weight excluding hydrogens is 381 g/mol. The SMILES string of the molecule is C/C(=N\NC(=O)c1c(-c2ccccc2)noc1C)c1cc(Cl)sc1Cl. The molecule has 1 amide bonds. The maximum absolute atomic E-state index is 12.6. The molecule has 0 saturated carbocycles. The Morgan fingerprint density at radius 1 is 1.28 bits per heavy atom. The molecule has 1 aromatic carbocycles. The second-order valence-corrected chi connectivity index (χ2v) is 7.49. The smallest absolute Gasteiger partial charge is 0.277 e. The van der Waals surface area contributed by atoms with Crippen LogP contribution in [0, 0.1) is 6.92 Å². The Kier molecular flexibility index (Phi) is 5.22. The summed E-state index contributed by atoms with van der Waals surface area (Å²) in [5, 5.41) is 8.10. The number of carbonyl (C=O) groups excluding carboxylic acids is 1. The molecule has 3 rings (SSSR count). The highest BCUT2D eigenvalue weighted by Crippen LogP contribution is 2.31. The third-order valence-corrected chi connectivity index (χ3v) is 5.00. The monoisotopic (exact) mass is 393 g/mol. The van der Waals surface area contributed by atoms with Crippen LogP contribution in [0.2, 0.25) is 8.67 Å². The standard InChI is InChI=1S/C17H13Cl2N3O2S/c1-9(12-8-13(18)25-16(12)19)20-21-17(23)14-10(2)24-22-15(14)11-6-4-3-5-7-11/h3-8H,1-2H3,(H,21,23)/b20-9+. The van der Waals surface area contributed by atoms with Crippen molar-refractivity contribution < 1.29 is 9.32 Å². The first-order valence-electron chi connectivity index (χ1n) is 7.29. The van der Waals surface area contributed by atoms with Gasteiger partial charge in [0.1, 0.15) is 21.4 Å². The lowest BCUT2D eigenvalue weighted by Crippen LogP contribution is -2.20. The number of nitrogens with zero attached hydrogens (tertiary/aromatic N) is 2. The van der Waals surface area contributed by atoms with E-state index in [4.69, 9.17) is 27.7 Å². The molecule has 0 unspecified atom stereocenters. The predicted octanol–water partition coefficient (Wildman–Crippen LogP) is 5.17. The van der Waals surface area contributed by atoms with E-state index < -0.39 is 5.91 Å². The average Bonchev–Trinajstić information content (AvgIpc) is 3.15. The van der Waals surface area contributed by atoms with Crippen molar-refractivity contribution in [3.8, 4) is 11.3 Å². The number of aryl methyl sites for hydroxylation is 1. The molecule has 0 aliphatic heterocycles. The molecule has 2 heterocycles. The van der Waals surface area contributed by atoms with Gasteiger partial charge in [0.2, 0.25) is 0 Å². The van der Waals surface area contributed by atoms with Crippen LogP contribution < -0.4 is 5.43 Å². The Balaban J connectivity index is 1.86. The van der Waals surface area contributed by atoms with E-state index in [9.17, 15) is 4.79 Å². The number of rotatable bonds is 4. The van der Waals surface area contributed by atoms with Gasteiger partial charge < -0.3 is 4.52 Å². The van der Waals surface area contributed by atoms with E-state index in [1.54, 1.807) is 19.9 Å². The van der Waals surface area contributed by atoms with Crippen LogP contribution in [-0.4, -0.2) is 16.8 Å². The van der Waals surface area contributed by atoms with Gasteiger partial charge in [-0.2, -0.15) is 5.10 Å². The van der Waals surface area contributed by atoms with Crippen LogP contribution in [0.15, 0.2) is 46.0 Å². The largest absolute Gasteiger partial charge is 0.360 e. The van der Waals surface area contributed by atoms with Crippen LogP contribution in [-0.2, 0) is 0 Å². The van der Waals surface area contributed by atoms with Crippen molar-refractivity contribution in [2.45, 2.75) is 13.8 Å². The summed E-state index contributed by atoms with van der Waals surface area (Å²) in [6.45, 7) is 3.42. The first-order chi connectivity index (χ1) is 12.0. The number of benzene rings is 1. The van der Waals surface area contributed by atoms with Crippen molar-refractivity contribution in [1.82, 2.24) is 10.6 Å². The van der Waals surface area contributed by atoms with Crippen molar-refractivity contribution in [1.29, 1.82) is 0 Å². The summed E-state index contributed by atoms with van der Waals surface area (Å²) in [5.74, 6) is 0.00946. The molecule has 0 spiro atoms. The summed E-state index contributed by atoms with van der Waals surface area (Å²) in [4.78, 5) is 12.6. The fraction of sp³-hybridized carbons (Fsp3) is 0.118. The fourth-order valence-electron chi connectivity index (χ4n) is 2.27. The average molecular weight is 394 g/mol. The minimum atomic E-state index is -0.408. The lowest BCUT2D eigenvalue weighted by Gasteiger charge is -2.03. The van der Waals surface area contributed by atoms with Crippen LogP contribution in [0.4, 0.5) is 0 Å². The number of hydrogen-bond acceptors (Lipinski definition) is 5. The van der Waals surface area contributed by atoms with Crippen LogP contribution in [0.3, 0.4) is 0 Å². The van der Waals surface area contributed by atoms with Crippen LogP contribution in [0.5, 0.6) is 0 Å². The molecule has 0 aliphatic rings. The highest BCUT2D eigenvalue weighted by molar-refractivity contribution is 7.20. The maximum Gasteiger partial charge on any atom is 0.277 e. The lowest BCUT2D eigenvalue weighted by atomic mass is 10.1. The zero-order valence-corrected chi connectivity index (χ0v) is 15.7. The molecule has 0 radical (unpaired) electrons. The van der Waals surface area contributed by atoms with E-state index in [0.29, 0.717) is 37.0 Å². The van der Waals surface area contributed by atoms with Crippen molar-refractivity contribution in [3.05, 3.63) is 62.0 Å². The van der Waals surface area contributed by atoms with E-state index in [0.717, 1.165) is 5.56 Å². The summed E-state index contributed by atoms with van der Waals surface area (Å²) in [5.41, 5.74) is 5.36. The fourth-order valence-corrected chi connectivity index (χ4v) is 3.83. The molecule has 0 aliphatic carbocycles. The normalized spacial score (nSPS) is 11.6. The zero-order chi connectivity index (χ0) is 18.0. The van der Waals surface area contributed by atoms with Crippen LogP contribution >= 0.6 is 34.5 Å². The molecule has 128 valence electrons. The summed E-state index contributed by atoms with van der Waals surface area (Å²) in [6, 6.07) is 11.0. The minimum absolute atomic E-state index is 0.345. The van der Waals surface area contributed by atoms with Gasteiger partial charge in [0.25, 0.3) is 5.91 Å². The zero-order valence-electron chi connectivity index (χ0n) is 13.3. The van der Waals surface area contributed by atoms with Gasteiger partial charge in [-0.25, -0.2) is 5.43 Å². The number of halogens is 2. The van der Waals surface area contributed by atoms with Gasteiger partial charge in [0.15, 0.2) is 0 Å². The van der Waals surface area contributed by atoms with E-state index in [-0.39, 0.29) is 0 Å². The molecular formula is C17H13Cl2N3O2S. The molecule has 5 nitrogen and oxygen atoms in total. The Morgan fingerprint density at radius 3 is 2.64 bits per heavy atom. The Labute approximate surface area is 158 Å². The van der Waals surface area contributed by atoms with Gasteiger partial charge >= 0.3 is 0 Å². The predicted molar refractivity (Wildman–Crippen MR) is 101 cm³/mol. The molecule has 3 aromatic rings. The number of nitrogens with one attached hydrogen (secondary N) is 1. The molecule has 0 bridgehead atoms. The summed E-state index contributed by atoms with van der Waals surface area (Å²) in [6.07, 6.45) is 0. The molecule has 1 N–H and O–H groups in total. The molecule has 2 aromatic heterocycles. The maximum atomic E-state index is 12.6. The second-order valence-electron chi connectivity index (χ2n) is 5.20. The van der Waals surface area contributed by atoms with Gasteiger partial charge in [0, 0.05) is 11.1 Å². The highest BCUT2D eigenvalue weighted by Gasteiger charge is 2.21. The van der Waals surface area contributed by atoms with E-state index in [1.165, 1.54) is 11.3 Å². The van der Waals surface area contributed by atoms with Crippen molar-refractivity contribution in [3.63, 3.8) is 0 Å². The number of aromatic nitrogens is 1. The van der Waals surface area contributed by atoms with Gasteiger partial charge in [0.05, 0.1) is 10.0 Å². The van der Waals surface area contributed by atoms with E-state index in [1.807, 2.05) is 30.3 Å². The molecule has 25 heavy (non-hydrogen) atoms. The second kappa shape index (κ2) is 7.39. The van der Waals surface area contributed by atoms with E-state index in [2.05, 4.69) is 15.7 Å². The van der Waals surface area contributed by atoms with Crippen LogP contribution in [0.25, 0.3) is 11.3 Å². The lowest BCUT2D eigenvalue weighted by molar-refractivity contribution is 0.0954. The minimum Gasteiger partial charge on any atom is -0.360 e. The first kappa shape index (κ1) is 17.7. The Bertz CT molecular complexity index is 948. The van der Waals surface area contributed by atoms with Crippen LogP contribution in [0.1, 0.15) is 28.6 Å². The van der Waals surface area contributed by atoms with Gasteiger partial charge in [-0.3, -0.25) is 4.79 Å². The number of thiophene rings is 1. The number of carbonyl (C=O) groups is 1. The number of hydrazone groups is 1. The summed E-state index contributed by atoms with van der Waals surface area (Å²) < 4.78 is 6.27. The topological polar surface area (TPSA) is 67.5 Å². The van der Waals surface area contributed by atoms with Crippen molar-refractivity contribution >= 4 is 46.2 Å². The quantitative estimate of drug-likeness (QED) is 0.490. The third kappa shape index (κ3) is 3.76. The molecule has 0 fully saturated rings. The molecule has 0 saturated heterocycles. The molecule has 8 heteroatoms. The van der Waals surface area contributed by atoms with E-state index >= 15 is 0 Å². The van der Waals surface area contributed by atoms with Gasteiger partial charge in [-0.15, -0.1) is 11.3 Å². The van der Waals surface area contributed by atoms with Crippen molar-refractivity contribution in [2.24, 2.45) is 5.10 Å². The Hall–Kier alpha value is -2.15. The number of amides is 1. The summed E-state index contributed by atoms with van der Waals surface area (Å²) >= 11 is 13.3. The summed E-state index contributed by atoms with van der Waals surface area (Å²) in [7, 11) is 0. The molecule has 0 atom stereocenters. The first-order valence-corrected chi connectivity index (χ1v) is 8.86. The van der Waals surface area contributed by atoms with Gasteiger partial charge in [-0.05, 0) is 19.9 Å². The Morgan fingerprint density at radius 2 is 2.00 bits per heavy atom. The number of hydrogen-bond donors (Lipinski definition) is 1. The van der Waals surface area contributed by atoms with Gasteiger partial charge in [-0.1, -0.05) is 58.7 Å².